The van der Waals surface area contributed by atoms with Crippen LogP contribution in [0.5, 0.6) is 5.75 Å². The van der Waals surface area contributed by atoms with E-state index in [4.69, 9.17) is 0 Å². The van der Waals surface area contributed by atoms with E-state index < -0.39 is 10.1 Å². The van der Waals surface area contributed by atoms with E-state index in [1.165, 1.54) is 12.1 Å². The van der Waals surface area contributed by atoms with Gasteiger partial charge in [0.2, 0.25) is 0 Å². The SMILES string of the molecule is O.O=S(=O)(O)c1ccc(O)c(-c2ccccc2)c1-c1ccccc1. The highest BCUT2D eigenvalue weighted by Gasteiger charge is 2.23. The van der Waals surface area contributed by atoms with Crippen molar-refractivity contribution in [3.63, 3.8) is 0 Å². The third-order valence-electron chi connectivity index (χ3n) is 3.55. The van der Waals surface area contributed by atoms with Crippen LogP contribution in [0.25, 0.3) is 22.3 Å². The van der Waals surface area contributed by atoms with Crippen LogP contribution in [0.4, 0.5) is 0 Å². The van der Waals surface area contributed by atoms with E-state index in [-0.39, 0.29) is 21.7 Å². The van der Waals surface area contributed by atoms with Crippen molar-refractivity contribution in [2.24, 2.45) is 0 Å². The molecule has 124 valence electrons. The quantitative estimate of drug-likeness (QED) is 0.712. The second-order valence-electron chi connectivity index (χ2n) is 5.04. The zero-order valence-corrected chi connectivity index (χ0v) is 13.4. The van der Waals surface area contributed by atoms with Crippen molar-refractivity contribution >= 4 is 10.1 Å². The molecule has 3 rings (SSSR count). The smallest absolute Gasteiger partial charge is 0.295 e. The minimum atomic E-state index is -4.44. The molecule has 6 heteroatoms. The van der Waals surface area contributed by atoms with Crippen LogP contribution >= 0.6 is 0 Å². The van der Waals surface area contributed by atoms with Crippen molar-refractivity contribution in [2.45, 2.75) is 4.90 Å². The Morgan fingerprint density at radius 3 is 1.58 bits per heavy atom. The highest BCUT2D eigenvalue weighted by Crippen LogP contribution is 2.42. The molecule has 0 aliphatic carbocycles. The summed E-state index contributed by atoms with van der Waals surface area (Å²) >= 11 is 0. The molecule has 0 bridgehead atoms. The Hall–Kier alpha value is -2.67. The normalized spacial score (nSPS) is 10.9. The first kappa shape index (κ1) is 17.7. The summed E-state index contributed by atoms with van der Waals surface area (Å²) in [7, 11) is -4.44. The molecule has 3 aromatic carbocycles. The van der Waals surface area contributed by atoms with Gasteiger partial charge < -0.3 is 10.6 Å². The number of aromatic hydroxyl groups is 1. The molecule has 0 atom stereocenters. The van der Waals surface area contributed by atoms with Crippen LogP contribution in [0.15, 0.2) is 77.7 Å². The van der Waals surface area contributed by atoms with Gasteiger partial charge in [-0.05, 0) is 23.3 Å². The molecule has 0 saturated carbocycles. The van der Waals surface area contributed by atoms with E-state index in [0.717, 1.165) is 0 Å². The molecule has 5 nitrogen and oxygen atoms in total. The van der Waals surface area contributed by atoms with Crippen LogP contribution < -0.4 is 0 Å². The first-order chi connectivity index (χ1) is 11.0. The van der Waals surface area contributed by atoms with Gasteiger partial charge in [-0.2, -0.15) is 8.42 Å². The van der Waals surface area contributed by atoms with Gasteiger partial charge in [0.25, 0.3) is 10.1 Å². The number of hydrogen-bond donors (Lipinski definition) is 2. The van der Waals surface area contributed by atoms with Crippen molar-refractivity contribution < 1.29 is 23.6 Å². The van der Waals surface area contributed by atoms with Gasteiger partial charge in [-0.15, -0.1) is 0 Å². The van der Waals surface area contributed by atoms with Gasteiger partial charge in [0.05, 0.1) is 0 Å². The lowest BCUT2D eigenvalue weighted by molar-refractivity contribution is 0.475. The van der Waals surface area contributed by atoms with Crippen LogP contribution in [0, 0.1) is 0 Å². The Morgan fingerprint density at radius 2 is 1.12 bits per heavy atom. The summed E-state index contributed by atoms with van der Waals surface area (Å²) in [5.74, 6) is -0.0533. The predicted octanol–water partition coefficient (Wildman–Crippen LogP) is 3.15. The fraction of sp³-hybridized carbons (Fsp3) is 0. The number of phenols is 1. The lowest BCUT2D eigenvalue weighted by Crippen LogP contribution is -2.02. The monoisotopic (exact) mass is 344 g/mol. The first-order valence-corrected chi connectivity index (χ1v) is 8.37. The van der Waals surface area contributed by atoms with Crippen LogP contribution in [0.3, 0.4) is 0 Å². The molecule has 0 amide bonds. The Bertz CT molecular complexity index is 936. The van der Waals surface area contributed by atoms with Gasteiger partial charge in [0.15, 0.2) is 0 Å². The fourth-order valence-corrected chi connectivity index (χ4v) is 3.29. The molecule has 0 heterocycles. The van der Waals surface area contributed by atoms with Crippen molar-refractivity contribution in [1.29, 1.82) is 0 Å². The molecule has 24 heavy (non-hydrogen) atoms. The Morgan fingerprint density at radius 1 is 0.667 bits per heavy atom. The van der Waals surface area contributed by atoms with Crippen molar-refractivity contribution in [3.05, 3.63) is 72.8 Å². The van der Waals surface area contributed by atoms with Gasteiger partial charge in [-0.25, -0.2) is 0 Å². The Balaban J connectivity index is 0.00000208. The van der Waals surface area contributed by atoms with Gasteiger partial charge in [-0.3, -0.25) is 4.55 Å². The maximum absolute atomic E-state index is 11.8. The summed E-state index contributed by atoms with van der Waals surface area (Å²) < 4.78 is 33.2. The van der Waals surface area contributed by atoms with E-state index in [1.807, 2.05) is 12.1 Å². The van der Waals surface area contributed by atoms with Gasteiger partial charge in [0.1, 0.15) is 10.6 Å². The minimum absolute atomic E-state index is 0. The molecule has 0 saturated heterocycles. The van der Waals surface area contributed by atoms with Gasteiger partial charge >= 0.3 is 0 Å². The van der Waals surface area contributed by atoms with Crippen molar-refractivity contribution in [1.82, 2.24) is 0 Å². The lowest BCUT2D eigenvalue weighted by Gasteiger charge is -2.15. The number of phenolic OH excluding ortho intramolecular Hbond substituents is 1. The summed E-state index contributed by atoms with van der Waals surface area (Å²) in [6.45, 7) is 0. The van der Waals surface area contributed by atoms with E-state index in [9.17, 15) is 18.1 Å². The minimum Gasteiger partial charge on any atom is -0.507 e. The van der Waals surface area contributed by atoms with Crippen LogP contribution in [0.2, 0.25) is 0 Å². The lowest BCUT2D eigenvalue weighted by atomic mass is 9.93. The molecular formula is C18H16O5S. The zero-order chi connectivity index (χ0) is 16.4. The number of hydrogen-bond acceptors (Lipinski definition) is 3. The van der Waals surface area contributed by atoms with Gasteiger partial charge in [-0.1, -0.05) is 60.7 Å². The summed E-state index contributed by atoms with van der Waals surface area (Å²) in [6, 6.07) is 20.3. The van der Waals surface area contributed by atoms with Gasteiger partial charge in [0, 0.05) is 11.1 Å². The standard InChI is InChI=1S/C18H14O4S.H2O/c19-15-11-12-16(23(20,21)22)18(14-9-5-2-6-10-14)17(15)13-7-3-1-4-8-13;/h1-12,19H,(H,20,21,22);1H2. The van der Waals surface area contributed by atoms with Crippen LogP contribution in [0.1, 0.15) is 0 Å². The van der Waals surface area contributed by atoms with Crippen LogP contribution in [-0.2, 0) is 10.1 Å². The van der Waals surface area contributed by atoms with Crippen LogP contribution in [-0.4, -0.2) is 23.6 Å². The maximum atomic E-state index is 11.8. The molecule has 3 aromatic rings. The second kappa shape index (κ2) is 6.84. The summed E-state index contributed by atoms with van der Waals surface area (Å²) in [5.41, 5.74) is 1.90. The fourth-order valence-electron chi connectivity index (χ4n) is 2.58. The molecule has 0 aliphatic rings. The summed E-state index contributed by atoms with van der Waals surface area (Å²) in [4.78, 5) is -0.236. The molecule has 4 N–H and O–H groups in total. The molecule has 0 radical (unpaired) electrons. The molecular weight excluding hydrogens is 328 g/mol. The topological polar surface area (TPSA) is 106 Å². The number of rotatable bonds is 3. The molecule has 0 aliphatic heterocycles. The highest BCUT2D eigenvalue weighted by molar-refractivity contribution is 7.86. The average Bonchev–Trinajstić information content (AvgIpc) is 2.55. The predicted molar refractivity (Wildman–Crippen MR) is 92.4 cm³/mol. The number of benzene rings is 3. The van der Waals surface area contributed by atoms with Crippen molar-refractivity contribution in [3.8, 4) is 28.0 Å². The summed E-state index contributed by atoms with van der Waals surface area (Å²) in [5, 5.41) is 10.3. The van der Waals surface area contributed by atoms with Crippen molar-refractivity contribution in [2.75, 3.05) is 0 Å². The molecule has 0 unspecified atom stereocenters. The van der Waals surface area contributed by atoms with E-state index in [0.29, 0.717) is 16.7 Å². The Labute approximate surface area is 139 Å². The van der Waals surface area contributed by atoms with E-state index in [1.54, 1.807) is 48.5 Å². The third-order valence-corrected chi connectivity index (χ3v) is 4.44. The summed E-state index contributed by atoms with van der Waals surface area (Å²) in [6.07, 6.45) is 0. The maximum Gasteiger partial charge on any atom is 0.295 e. The zero-order valence-electron chi connectivity index (χ0n) is 12.5. The largest absolute Gasteiger partial charge is 0.507 e. The van der Waals surface area contributed by atoms with E-state index in [2.05, 4.69) is 0 Å². The molecule has 0 fully saturated rings. The third kappa shape index (κ3) is 3.30. The average molecular weight is 344 g/mol. The van der Waals surface area contributed by atoms with E-state index >= 15 is 0 Å². The first-order valence-electron chi connectivity index (χ1n) is 6.93. The Kier molecular flexibility index (Phi) is 5.04. The molecule has 0 aromatic heterocycles. The second-order valence-corrected chi connectivity index (χ2v) is 6.43. The highest BCUT2D eigenvalue weighted by atomic mass is 32.2. The molecule has 0 spiro atoms.